The lowest BCUT2D eigenvalue weighted by molar-refractivity contribution is -0.384. The third-order valence-electron chi connectivity index (χ3n) is 4.70. The Labute approximate surface area is 154 Å². The van der Waals surface area contributed by atoms with E-state index in [-0.39, 0.29) is 10.6 Å². The van der Waals surface area contributed by atoms with E-state index >= 15 is 0 Å². The van der Waals surface area contributed by atoms with Crippen molar-refractivity contribution in [3.05, 3.63) is 62.7 Å². The Morgan fingerprint density at radius 3 is 2.62 bits per heavy atom. The zero-order chi connectivity index (χ0) is 17.9. The van der Waals surface area contributed by atoms with Crippen molar-refractivity contribution in [3.8, 4) is 11.5 Å². The average molecular weight is 370 g/mol. The van der Waals surface area contributed by atoms with E-state index in [1.54, 1.807) is 23.5 Å². The van der Waals surface area contributed by atoms with Gasteiger partial charge in [-0.2, -0.15) is 11.3 Å². The zero-order valence-corrected chi connectivity index (χ0v) is 14.9. The lowest BCUT2D eigenvalue weighted by Gasteiger charge is -2.30. The molecule has 7 nitrogen and oxygen atoms in total. The fourth-order valence-electron chi connectivity index (χ4n) is 3.22. The number of nitrogens with zero attached hydrogens (tertiary/aromatic N) is 4. The van der Waals surface area contributed by atoms with Crippen molar-refractivity contribution in [3.63, 3.8) is 0 Å². The molecule has 8 heteroatoms. The van der Waals surface area contributed by atoms with Crippen LogP contribution in [0.25, 0.3) is 11.5 Å². The number of likely N-dealkylation sites (tertiary alicyclic amines) is 1. The molecule has 1 aliphatic heterocycles. The smallest absolute Gasteiger partial charge is 0.269 e. The topological polar surface area (TPSA) is 85.3 Å². The Hall–Kier alpha value is -2.58. The van der Waals surface area contributed by atoms with E-state index in [1.165, 1.54) is 0 Å². The number of hydrogen-bond donors (Lipinski definition) is 0. The molecule has 0 atom stereocenters. The molecule has 134 valence electrons. The molecule has 0 aliphatic carbocycles. The standard InChI is InChI=1S/C18H18N4O3S/c23-22(24)16-3-1-13(2-4-16)11-21-8-5-14(6-9-21)17-19-20-18(25-17)15-7-10-26-12-15/h1-4,7,10,12,14H,5-6,8-9,11H2. The van der Waals surface area contributed by atoms with E-state index in [4.69, 9.17) is 4.42 Å². The second-order valence-electron chi connectivity index (χ2n) is 6.43. The molecule has 4 rings (SSSR count). The lowest BCUT2D eigenvalue weighted by atomic mass is 9.96. The number of non-ortho nitro benzene ring substituents is 1. The van der Waals surface area contributed by atoms with Gasteiger partial charge in [0.25, 0.3) is 5.69 Å². The van der Waals surface area contributed by atoms with Crippen LogP contribution in [-0.2, 0) is 6.54 Å². The van der Waals surface area contributed by atoms with Gasteiger partial charge in [-0.3, -0.25) is 15.0 Å². The highest BCUT2D eigenvalue weighted by atomic mass is 32.1. The molecule has 3 heterocycles. The van der Waals surface area contributed by atoms with E-state index in [1.807, 2.05) is 29.0 Å². The summed E-state index contributed by atoms with van der Waals surface area (Å²) < 4.78 is 5.86. The zero-order valence-electron chi connectivity index (χ0n) is 14.1. The van der Waals surface area contributed by atoms with Crippen LogP contribution in [0.5, 0.6) is 0 Å². The SMILES string of the molecule is O=[N+]([O-])c1ccc(CN2CCC(c3nnc(-c4ccsc4)o3)CC2)cc1. The molecule has 1 saturated heterocycles. The van der Waals surface area contributed by atoms with Crippen molar-refractivity contribution in [1.82, 2.24) is 15.1 Å². The van der Waals surface area contributed by atoms with Crippen LogP contribution in [0.2, 0.25) is 0 Å². The molecule has 0 bridgehead atoms. The van der Waals surface area contributed by atoms with E-state index in [0.29, 0.717) is 11.8 Å². The van der Waals surface area contributed by atoms with E-state index < -0.39 is 0 Å². The lowest BCUT2D eigenvalue weighted by Crippen LogP contribution is -2.32. The maximum Gasteiger partial charge on any atom is 0.269 e. The van der Waals surface area contributed by atoms with Crippen molar-refractivity contribution >= 4 is 17.0 Å². The van der Waals surface area contributed by atoms with Gasteiger partial charge in [0.05, 0.1) is 4.92 Å². The number of nitro benzene ring substituents is 1. The van der Waals surface area contributed by atoms with E-state index in [9.17, 15) is 10.1 Å². The fourth-order valence-corrected chi connectivity index (χ4v) is 3.85. The second-order valence-corrected chi connectivity index (χ2v) is 7.21. The summed E-state index contributed by atoms with van der Waals surface area (Å²) in [6.07, 6.45) is 1.94. The van der Waals surface area contributed by atoms with Crippen LogP contribution in [0.4, 0.5) is 5.69 Å². The maximum atomic E-state index is 10.7. The van der Waals surface area contributed by atoms with Gasteiger partial charge in [0.15, 0.2) is 0 Å². The first kappa shape index (κ1) is 16.9. The predicted molar refractivity (Wildman–Crippen MR) is 98.0 cm³/mol. The molecule has 1 aromatic carbocycles. The van der Waals surface area contributed by atoms with Crippen LogP contribution in [0, 0.1) is 10.1 Å². The van der Waals surface area contributed by atoms with Crippen molar-refractivity contribution in [1.29, 1.82) is 0 Å². The summed E-state index contributed by atoms with van der Waals surface area (Å²) in [5, 5.41) is 23.1. The van der Waals surface area contributed by atoms with Gasteiger partial charge in [-0.25, -0.2) is 0 Å². The van der Waals surface area contributed by atoms with Crippen LogP contribution in [-0.4, -0.2) is 33.1 Å². The van der Waals surface area contributed by atoms with Gasteiger partial charge >= 0.3 is 0 Å². The summed E-state index contributed by atoms with van der Waals surface area (Å²) in [5.74, 6) is 1.61. The van der Waals surface area contributed by atoms with E-state index in [2.05, 4.69) is 15.1 Å². The maximum absolute atomic E-state index is 10.7. The van der Waals surface area contributed by atoms with Crippen molar-refractivity contribution in [2.24, 2.45) is 0 Å². The molecule has 0 saturated carbocycles. The number of nitro groups is 1. The minimum atomic E-state index is -0.371. The molecule has 0 unspecified atom stereocenters. The minimum Gasteiger partial charge on any atom is -0.420 e. The van der Waals surface area contributed by atoms with Gasteiger partial charge in [0.1, 0.15) is 0 Å². The van der Waals surface area contributed by atoms with Crippen LogP contribution >= 0.6 is 11.3 Å². The van der Waals surface area contributed by atoms with Gasteiger partial charge in [-0.1, -0.05) is 12.1 Å². The first-order chi connectivity index (χ1) is 12.7. The van der Waals surface area contributed by atoms with Gasteiger partial charge < -0.3 is 4.42 Å². The summed E-state index contributed by atoms with van der Waals surface area (Å²) in [5.41, 5.74) is 2.20. The first-order valence-electron chi connectivity index (χ1n) is 8.51. The highest BCUT2D eigenvalue weighted by molar-refractivity contribution is 7.08. The molecule has 1 fully saturated rings. The first-order valence-corrected chi connectivity index (χ1v) is 9.45. The number of aromatic nitrogens is 2. The van der Waals surface area contributed by atoms with Crippen LogP contribution < -0.4 is 0 Å². The largest absolute Gasteiger partial charge is 0.420 e. The second kappa shape index (κ2) is 7.35. The molecule has 1 aliphatic rings. The molecule has 0 N–H and O–H groups in total. The van der Waals surface area contributed by atoms with Gasteiger partial charge in [-0.15, -0.1) is 10.2 Å². The normalized spacial score (nSPS) is 16.0. The van der Waals surface area contributed by atoms with Gasteiger partial charge in [0.2, 0.25) is 11.8 Å². The molecule has 2 aromatic heterocycles. The molecule has 0 spiro atoms. The number of hydrogen-bond acceptors (Lipinski definition) is 7. The molecule has 0 amide bonds. The fraction of sp³-hybridized carbons (Fsp3) is 0.333. The summed E-state index contributed by atoms with van der Waals surface area (Å²) in [4.78, 5) is 12.7. The summed E-state index contributed by atoms with van der Waals surface area (Å²) in [7, 11) is 0. The highest BCUT2D eigenvalue weighted by Crippen LogP contribution is 2.30. The molecule has 0 radical (unpaired) electrons. The Balaban J connectivity index is 1.33. The van der Waals surface area contributed by atoms with Crippen molar-refractivity contribution in [2.45, 2.75) is 25.3 Å². The van der Waals surface area contributed by atoms with Gasteiger partial charge in [0, 0.05) is 35.5 Å². The summed E-state index contributed by atoms with van der Waals surface area (Å²) in [6, 6.07) is 8.76. The number of thiophene rings is 1. The number of rotatable bonds is 5. The van der Waals surface area contributed by atoms with Crippen molar-refractivity contribution in [2.75, 3.05) is 13.1 Å². The Morgan fingerprint density at radius 2 is 1.96 bits per heavy atom. The van der Waals surface area contributed by atoms with Crippen molar-refractivity contribution < 1.29 is 9.34 Å². The van der Waals surface area contributed by atoms with Crippen LogP contribution in [0.1, 0.15) is 30.2 Å². The number of piperidine rings is 1. The average Bonchev–Trinajstić information content (AvgIpc) is 3.34. The molecular formula is C18H18N4O3S. The molecular weight excluding hydrogens is 352 g/mol. The minimum absolute atomic E-state index is 0.130. The third kappa shape index (κ3) is 3.66. The van der Waals surface area contributed by atoms with Gasteiger partial charge in [-0.05, 0) is 42.9 Å². The Kier molecular flexibility index (Phi) is 4.77. The third-order valence-corrected chi connectivity index (χ3v) is 5.38. The van der Waals surface area contributed by atoms with E-state index in [0.717, 1.165) is 49.5 Å². The summed E-state index contributed by atoms with van der Waals surface area (Å²) >= 11 is 1.61. The van der Waals surface area contributed by atoms with Crippen LogP contribution in [0.3, 0.4) is 0 Å². The Morgan fingerprint density at radius 1 is 1.19 bits per heavy atom. The highest BCUT2D eigenvalue weighted by Gasteiger charge is 2.25. The Bertz CT molecular complexity index is 868. The monoisotopic (exact) mass is 370 g/mol. The molecule has 3 aromatic rings. The quantitative estimate of drug-likeness (QED) is 0.497. The van der Waals surface area contributed by atoms with Crippen LogP contribution in [0.15, 0.2) is 45.5 Å². The molecule has 26 heavy (non-hydrogen) atoms. The predicted octanol–water partition coefficient (Wildman–Crippen LogP) is 4.09. The summed E-state index contributed by atoms with van der Waals surface area (Å²) in [6.45, 7) is 2.68. The number of benzene rings is 1.